The second kappa shape index (κ2) is 7.59. The number of ether oxygens (including phenoxy) is 1. The Morgan fingerprint density at radius 2 is 1.95 bits per heavy atom. The van der Waals surface area contributed by atoms with Gasteiger partial charge in [0.2, 0.25) is 11.8 Å². The summed E-state index contributed by atoms with van der Waals surface area (Å²) in [5.41, 5.74) is 6.20. The number of primary amides is 1. The number of rotatable bonds is 8. The van der Waals surface area contributed by atoms with E-state index in [1.807, 2.05) is 0 Å². The van der Waals surface area contributed by atoms with Crippen LogP contribution in [0.2, 0.25) is 0 Å². The number of nitrogens with two attached hydrogens (primary N) is 1. The molecule has 0 spiro atoms. The van der Waals surface area contributed by atoms with Crippen LogP contribution in [0.15, 0.2) is 24.3 Å². The standard InChI is InChI=1S/C16H20N2O4/c17-15(20)13-5-2-1-4-12(13)10-22-14(19)6-3-9-18-16(21)11-7-8-11/h1-2,4-5,11H,3,6-10H2,(H2,17,20)(H,18,21). The average molecular weight is 304 g/mol. The molecule has 0 aromatic heterocycles. The van der Waals surface area contributed by atoms with Gasteiger partial charge >= 0.3 is 5.97 Å². The van der Waals surface area contributed by atoms with E-state index in [-0.39, 0.29) is 30.8 Å². The third-order valence-corrected chi connectivity index (χ3v) is 3.48. The molecule has 2 rings (SSSR count). The minimum Gasteiger partial charge on any atom is -0.461 e. The number of nitrogens with one attached hydrogen (secondary N) is 1. The van der Waals surface area contributed by atoms with Gasteiger partial charge in [-0.1, -0.05) is 18.2 Å². The Morgan fingerprint density at radius 1 is 1.23 bits per heavy atom. The van der Waals surface area contributed by atoms with Gasteiger partial charge in [-0.05, 0) is 25.3 Å². The zero-order valence-electron chi connectivity index (χ0n) is 12.3. The molecule has 0 heterocycles. The first kappa shape index (κ1) is 16.0. The zero-order chi connectivity index (χ0) is 15.9. The fraction of sp³-hybridized carbons (Fsp3) is 0.438. The number of carbonyl (C=O) groups is 3. The van der Waals surface area contributed by atoms with Crippen molar-refractivity contribution in [3.05, 3.63) is 35.4 Å². The van der Waals surface area contributed by atoms with E-state index in [1.54, 1.807) is 24.3 Å². The quantitative estimate of drug-likeness (QED) is 0.555. The van der Waals surface area contributed by atoms with Gasteiger partial charge in [-0.25, -0.2) is 0 Å². The predicted molar refractivity (Wildman–Crippen MR) is 79.7 cm³/mol. The lowest BCUT2D eigenvalue weighted by atomic mass is 10.1. The summed E-state index contributed by atoms with van der Waals surface area (Å²) in [7, 11) is 0. The van der Waals surface area contributed by atoms with Crippen LogP contribution < -0.4 is 11.1 Å². The molecular formula is C16H20N2O4. The van der Waals surface area contributed by atoms with E-state index < -0.39 is 5.91 Å². The molecule has 3 N–H and O–H groups in total. The molecule has 2 amide bonds. The van der Waals surface area contributed by atoms with Crippen molar-refractivity contribution in [2.24, 2.45) is 11.7 Å². The molecule has 0 unspecified atom stereocenters. The van der Waals surface area contributed by atoms with E-state index in [1.165, 1.54) is 0 Å². The minimum atomic E-state index is -0.547. The summed E-state index contributed by atoms with van der Waals surface area (Å²) in [5.74, 6) is -0.657. The Balaban J connectivity index is 1.67. The smallest absolute Gasteiger partial charge is 0.306 e. The Morgan fingerprint density at radius 3 is 2.64 bits per heavy atom. The van der Waals surface area contributed by atoms with Crippen molar-refractivity contribution in [3.63, 3.8) is 0 Å². The van der Waals surface area contributed by atoms with E-state index in [4.69, 9.17) is 10.5 Å². The lowest BCUT2D eigenvalue weighted by Crippen LogP contribution is -2.26. The van der Waals surface area contributed by atoms with Gasteiger partial charge < -0.3 is 15.8 Å². The Kier molecular flexibility index (Phi) is 5.52. The number of esters is 1. The second-order valence-corrected chi connectivity index (χ2v) is 5.35. The zero-order valence-corrected chi connectivity index (χ0v) is 12.3. The molecule has 6 nitrogen and oxygen atoms in total. The summed E-state index contributed by atoms with van der Waals surface area (Å²) >= 11 is 0. The van der Waals surface area contributed by atoms with Gasteiger partial charge in [-0.3, -0.25) is 14.4 Å². The van der Waals surface area contributed by atoms with Gasteiger partial charge in [0.15, 0.2) is 0 Å². The molecule has 6 heteroatoms. The number of benzene rings is 1. The van der Waals surface area contributed by atoms with Crippen LogP contribution in [-0.4, -0.2) is 24.3 Å². The Labute approximate surface area is 129 Å². The molecule has 22 heavy (non-hydrogen) atoms. The van der Waals surface area contributed by atoms with E-state index in [0.717, 1.165) is 12.8 Å². The molecule has 0 saturated heterocycles. The Bertz CT molecular complexity index is 567. The van der Waals surface area contributed by atoms with Crippen LogP contribution in [-0.2, 0) is 20.9 Å². The van der Waals surface area contributed by atoms with Crippen LogP contribution in [0.1, 0.15) is 41.6 Å². The van der Waals surface area contributed by atoms with Gasteiger partial charge in [0.1, 0.15) is 6.61 Å². The molecule has 1 aliphatic rings. The fourth-order valence-corrected chi connectivity index (χ4v) is 2.05. The summed E-state index contributed by atoms with van der Waals surface area (Å²) in [6.45, 7) is 0.495. The molecule has 118 valence electrons. The first-order valence-corrected chi connectivity index (χ1v) is 7.39. The molecule has 1 saturated carbocycles. The first-order chi connectivity index (χ1) is 10.6. The highest BCUT2D eigenvalue weighted by Crippen LogP contribution is 2.28. The van der Waals surface area contributed by atoms with Crippen molar-refractivity contribution in [1.29, 1.82) is 0 Å². The summed E-state index contributed by atoms with van der Waals surface area (Å²) in [6, 6.07) is 6.75. The SMILES string of the molecule is NC(=O)c1ccccc1COC(=O)CCCNC(=O)C1CC1. The van der Waals surface area contributed by atoms with Crippen molar-refractivity contribution in [1.82, 2.24) is 5.32 Å². The van der Waals surface area contributed by atoms with Crippen LogP contribution >= 0.6 is 0 Å². The third kappa shape index (κ3) is 4.87. The largest absolute Gasteiger partial charge is 0.461 e. The van der Waals surface area contributed by atoms with Gasteiger partial charge in [-0.15, -0.1) is 0 Å². The molecular weight excluding hydrogens is 284 g/mol. The van der Waals surface area contributed by atoms with Crippen LogP contribution in [0.3, 0.4) is 0 Å². The first-order valence-electron chi connectivity index (χ1n) is 7.39. The van der Waals surface area contributed by atoms with Crippen molar-refractivity contribution in [2.75, 3.05) is 6.54 Å². The third-order valence-electron chi connectivity index (χ3n) is 3.48. The normalized spacial score (nSPS) is 13.5. The molecule has 0 bridgehead atoms. The minimum absolute atomic E-state index is 0.0202. The van der Waals surface area contributed by atoms with Crippen LogP contribution in [0, 0.1) is 5.92 Å². The van der Waals surface area contributed by atoms with Crippen molar-refractivity contribution >= 4 is 17.8 Å². The molecule has 0 radical (unpaired) electrons. The second-order valence-electron chi connectivity index (χ2n) is 5.35. The maximum Gasteiger partial charge on any atom is 0.306 e. The monoisotopic (exact) mass is 304 g/mol. The van der Waals surface area contributed by atoms with Gasteiger partial charge in [0, 0.05) is 30.0 Å². The van der Waals surface area contributed by atoms with Crippen LogP contribution in [0.25, 0.3) is 0 Å². The number of amides is 2. The molecule has 1 aromatic rings. The lowest BCUT2D eigenvalue weighted by molar-refractivity contribution is -0.145. The van der Waals surface area contributed by atoms with Crippen molar-refractivity contribution < 1.29 is 19.1 Å². The average Bonchev–Trinajstić information content (AvgIpc) is 3.34. The molecule has 1 aromatic carbocycles. The van der Waals surface area contributed by atoms with Gasteiger partial charge in [0.25, 0.3) is 0 Å². The molecule has 1 aliphatic carbocycles. The molecule has 1 fully saturated rings. The van der Waals surface area contributed by atoms with E-state index >= 15 is 0 Å². The summed E-state index contributed by atoms with van der Waals surface area (Å²) < 4.78 is 5.13. The topological polar surface area (TPSA) is 98.5 Å². The number of hydrogen-bond donors (Lipinski definition) is 2. The Hall–Kier alpha value is -2.37. The predicted octanol–water partition coefficient (Wildman–Crippen LogP) is 1.14. The maximum atomic E-state index is 11.6. The fourth-order valence-electron chi connectivity index (χ4n) is 2.05. The maximum absolute atomic E-state index is 11.6. The van der Waals surface area contributed by atoms with Crippen LogP contribution in [0.5, 0.6) is 0 Å². The highest BCUT2D eigenvalue weighted by molar-refractivity contribution is 5.94. The van der Waals surface area contributed by atoms with Gasteiger partial charge in [0.05, 0.1) is 0 Å². The summed E-state index contributed by atoms with van der Waals surface area (Å²) in [5, 5.41) is 2.79. The summed E-state index contributed by atoms with van der Waals surface area (Å²) in [4.78, 5) is 34.3. The van der Waals surface area contributed by atoms with Crippen LogP contribution in [0.4, 0.5) is 0 Å². The lowest BCUT2D eigenvalue weighted by Gasteiger charge is -2.08. The highest BCUT2D eigenvalue weighted by atomic mass is 16.5. The van der Waals surface area contributed by atoms with E-state index in [9.17, 15) is 14.4 Å². The van der Waals surface area contributed by atoms with Gasteiger partial charge in [-0.2, -0.15) is 0 Å². The molecule has 0 aliphatic heterocycles. The molecule has 0 atom stereocenters. The van der Waals surface area contributed by atoms with Crippen molar-refractivity contribution in [2.45, 2.75) is 32.3 Å². The van der Waals surface area contributed by atoms with E-state index in [0.29, 0.717) is 24.1 Å². The summed E-state index contributed by atoms with van der Waals surface area (Å²) in [6.07, 6.45) is 2.69. The number of carbonyl (C=O) groups excluding carboxylic acids is 3. The highest BCUT2D eigenvalue weighted by Gasteiger charge is 2.28. The van der Waals surface area contributed by atoms with E-state index in [2.05, 4.69) is 5.32 Å². The number of hydrogen-bond acceptors (Lipinski definition) is 4. The van der Waals surface area contributed by atoms with Crippen molar-refractivity contribution in [3.8, 4) is 0 Å².